The standard InChI is InChI=1S/C31H40N6O2/c1-6-23-11-14-36(15-12-23)19-28-32-13-16-37(28)18-25-17-24(8-7-20(25)2)29(22(4)31(38)39)26-9-10-27-30(21(26)3)33-34-35(27)5/h7-10,13,16-17,22-23,29H,6,11-12,14-15,18-19H2,1-5H3,(H,38,39). The molecule has 2 aromatic carbocycles. The monoisotopic (exact) mass is 528 g/mol. The van der Waals surface area contributed by atoms with Gasteiger partial charge in [-0.3, -0.25) is 9.69 Å². The van der Waals surface area contributed by atoms with Crippen molar-refractivity contribution >= 4 is 17.0 Å². The first-order chi connectivity index (χ1) is 18.8. The first-order valence-electron chi connectivity index (χ1n) is 14.1. The zero-order valence-corrected chi connectivity index (χ0v) is 23.8. The molecule has 206 valence electrons. The molecule has 0 radical (unpaired) electrons. The van der Waals surface area contributed by atoms with E-state index in [1.807, 2.05) is 32.3 Å². The highest BCUT2D eigenvalue weighted by atomic mass is 16.4. The number of hydrogen-bond donors (Lipinski definition) is 1. The van der Waals surface area contributed by atoms with Crippen molar-refractivity contribution in [2.24, 2.45) is 18.9 Å². The highest BCUT2D eigenvalue weighted by Gasteiger charge is 2.30. The second-order valence-electron chi connectivity index (χ2n) is 11.3. The third-order valence-electron chi connectivity index (χ3n) is 8.83. The second kappa shape index (κ2) is 11.3. The van der Waals surface area contributed by atoms with Crippen LogP contribution in [0.2, 0.25) is 0 Å². The van der Waals surface area contributed by atoms with E-state index >= 15 is 0 Å². The zero-order chi connectivity index (χ0) is 27.7. The predicted octanol–water partition coefficient (Wildman–Crippen LogP) is 5.30. The maximum atomic E-state index is 12.3. The quantitative estimate of drug-likeness (QED) is 0.317. The van der Waals surface area contributed by atoms with E-state index in [0.29, 0.717) is 6.54 Å². The third kappa shape index (κ3) is 5.48. The first-order valence-corrected chi connectivity index (χ1v) is 14.1. The average molecular weight is 529 g/mol. The van der Waals surface area contributed by atoms with Crippen LogP contribution in [0.1, 0.15) is 72.7 Å². The molecule has 1 aliphatic heterocycles. The SMILES string of the molecule is CCC1CCN(Cc2nccn2Cc2cc(C(c3ccc4c(nnn4C)c3C)C(C)C(=O)O)ccc2C)CC1. The Labute approximate surface area is 230 Å². The van der Waals surface area contributed by atoms with E-state index in [1.54, 1.807) is 11.6 Å². The van der Waals surface area contributed by atoms with Crippen LogP contribution in [0, 0.1) is 25.7 Å². The lowest BCUT2D eigenvalue weighted by Gasteiger charge is -2.31. The highest BCUT2D eigenvalue weighted by Crippen LogP contribution is 2.37. The molecular weight excluding hydrogens is 488 g/mol. The van der Waals surface area contributed by atoms with Crippen LogP contribution < -0.4 is 0 Å². The van der Waals surface area contributed by atoms with E-state index in [-0.39, 0.29) is 5.92 Å². The molecule has 0 saturated carbocycles. The number of rotatable bonds is 9. The van der Waals surface area contributed by atoms with Crippen molar-refractivity contribution in [2.75, 3.05) is 13.1 Å². The molecular formula is C31H40N6O2. The van der Waals surface area contributed by atoms with Gasteiger partial charge in [0.05, 0.1) is 18.0 Å². The minimum absolute atomic E-state index is 0.310. The van der Waals surface area contributed by atoms with Gasteiger partial charge in [0.1, 0.15) is 11.3 Å². The molecule has 2 atom stereocenters. The van der Waals surface area contributed by atoms with Crippen LogP contribution in [0.15, 0.2) is 42.7 Å². The fraction of sp³-hybridized carbons (Fsp3) is 0.484. The Morgan fingerprint density at radius 2 is 1.90 bits per heavy atom. The molecule has 1 aliphatic rings. The van der Waals surface area contributed by atoms with Crippen molar-refractivity contribution in [3.05, 3.63) is 76.4 Å². The number of carboxylic acids is 1. The summed E-state index contributed by atoms with van der Waals surface area (Å²) in [6, 6.07) is 10.4. The molecule has 0 aliphatic carbocycles. The number of fused-ring (bicyclic) bond motifs is 1. The summed E-state index contributed by atoms with van der Waals surface area (Å²) in [6.07, 6.45) is 7.75. The molecule has 2 aromatic heterocycles. The summed E-state index contributed by atoms with van der Waals surface area (Å²) in [6.45, 7) is 12.0. The number of aryl methyl sites for hydroxylation is 3. The van der Waals surface area contributed by atoms with Gasteiger partial charge < -0.3 is 9.67 Å². The Morgan fingerprint density at radius 1 is 1.13 bits per heavy atom. The van der Waals surface area contributed by atoms with Crippen molar-refractivity contribution in [2.45, 2.75) is 66.0 Å². The fourth-order valence-corrected chi connectivity index (χ4v) is 6.09. The normalized spacial score (nSPS) is 16.5. The van der Waals surface area contributed by atoms with Gasteiger partial charge in [0, 0.05) is 31.9 Å². The lowest BCUT2D eigenvalue weighted by atomic mass is 9.79. The summed E-state index contributed by atoms with van der Waals surface area (Å²) in [5, 5.41) is 18.6. The molecule has 2 unspecified atom stereocenters. The summed E-state index contributed by atoms with van der Waals surface area (Å²) in [5.41, 5.74) is 7.07. The molecule has 1 saturated heterocycles. The highest BCUT2D eigenvalue weighted by molar-refractivity contribution is 5.80. The van der Waals surface area contributed by atoms with Crippen LogP contribution in [-0.2, 0) is 24.9 Å². The van der Waals surface area contributed by atoms with Crippen LogP contribution in [0.25, 0.3) is 11.0 Å². The third-order valence-corrected chi connectivity index (χ3v) is 8.83. The average Bonchev–Trinajstić information content (AvgIpc) is 3.53. The number of carboxylic acid groups (broad SMARTS) is 1. The summed E-state index contributed by atoms with van der Waals surface area (Å²) in [4.78, 5) is 19.5. The lowest BCUT2D eigenvalue weighted by Crippen LogP contribution is -2.34. The van der Waals surface area contributed by atoms with Crippen LogP contribution in [0.5, 0.6) is 0 Å². The van der Waals surface area contributed by atoms with Crippen LogP contribution in [0.4, 0.5) is 0 Å². The smallest absolute Gasteiger partial charge is 0.307 e. The number of benzene rings is 2. The number of piperidine rings is 1. The molecule has 8 heteroatoms. The molecule has 39 heavy (non-hydrogen) atoms. The Hall–Kier alpha value is -3.52. The second-order valence-corrected chi connectivity index (χ2v) is 11.3. The van der Waals surface area contributed by atoms with Gasteiger partial charge in [0.15, 0.2) is 0 Å². The largest absolute Gasteiger partial charge is 0.481 e. The van der Waals surface area contributed by atoms with E-state index in [2.05, 4.69) is 58.0 Å². The van der Waals surface area contributed by atoms with Crippen molar-refractivity contribution in [1.82, 2.24) is 29.4 Å². The fourth-order valence-electron chi connectivity index (χ4n) is 6.09. The van der Waals surface area contributed by atoms with Crippen LogP contribution >= 0.6 is 0 Å². The number of aliphatic carboxylic acids is 1. The Bertz CT molecular complexity index is 1460. The summed E-state index contributed by atoms with van der Waals surface area (Å²) in [5.74, 6) is 0.197. The van der Waals surface area contributed by atoms with Gasteiger partial charge in [0.25, 0.3) is 0 Å². The topological polar surface area (TPSA) is 89.1 Å². The number of carbonyl (C=O) groups is 1. The van der Waals surface area contributed by atoms with Crippen molar-refractivity contribution in [3.8, 4) is 0 Å². The molecule has 8 nitrogen and oxygen atoms in total. The van der Waals surface area contributed by atoms with Gasteiger partial charge in [-0.15, -0.1) is 5.10 Å². The van der Waals surface area contributed by atoms with E-state index in [9.17, 15) is 9.90 Å². The summed E-state index contributed by atoms with van der Waals surface area (Å²) >= 11 is 0. The van der Waals surface area contributed by atoms with Gasteiger partial charge >= 0.3 is 5.97 Å². The van der Waals surface area contributed by atoms with E-state index < -0.39 is 11.9 Å². The summed E-state index contributed by atoms with van der Waals surface area (Å²) in [7, 11) is 1.87. The van der Waals surface area contributed by atoms with E-state index in [1.165, 1.54) is 30.4 Å². The number of nitrogens with zero attached hydrogens (tertiary/aromatic N) is 6. The molecule has 0 amide bonds. The van der Waals surface area contributed by atoms with E-state index in [0.717, 1.165) is 59.1 Å². The summed E-state index contributed by atoms with van der Waals surface area (Å²) < 4.78 is 3.99. The van der Waals surface area contributed by atoms with Gasteiger partial charge in [-0.05, 0) is 79.6 Å². The molecule has 0 spiro atoms. The Balaban J connectivity index is 1.45. The van der Waals surface area contributed by atoms with Crippen LogP contribution in [-0.4, -0.2) is 53.6 Å². The maximum absolute atomic E-state index is 12.3. The number of hydrogen-bond acceptors (Lipinski definition) is 5. The van der Waals surface area contributed by atoms with Gasteiger partial charge in [-0.1, -0.05) is 49.7 Å². The molecule has 1 N–H and O–H groups in total. The molecule has 0 bridgehead atoms. The molecule has 4 aromatic rings. The molecule has 1 fully saturated rings. The number of likely N-dealkylation sites (tertiary alicyclic amines) is 1. The van der Waals surface area contributed by atoms with Crippen LogP contribution in [0.3, 0.4) is 0 Å². The predicted molar refractivity (Wildman–Crippen MR) is 153 cm³/mol. The Kier molecular flexibility index (Phi) is 7.84. The van der Waals surface area contributed by atoms with E-state index in [4.69, 9.17) is 4.98 Å². The molecule has 5 rings (SSSR count). The van der Waals surface area contributed by atoms with Gasteiger partial charge in [0.2, 0.25) is 0 Å². The Morgan fingerprint density at radius 3 is 2.62 bits per heavy atom. The minimum atomic E-state index is -0.815. The maximum Gasteiger partial charge on any atom is 0.307 e. The van der Waals surface area contributed by atoms with Gasteiger partial charge in [-0.2, -0.15) is 0 Å². The zero-order valence-electron chi connectivity index (χ0n) is 23.8. The van der Waals surface area contributed by atoms with Crippen molar-refractivity contribution < 1.29 is 9.90 Å². The van der Waals surface area contributed by atoms with Crippen molar-refractivity contribution in [3.63, 3.8) is 0 Å². The minimum Gasteiger partial charge on any atom is -0.481 e. The van der Waals surface area contributed by atoms with Gasteiger partial charge in [-0.25, -0.2) is 9.67 Å². The molecule has 3 heterocycles. The first kappa shape index (κ1) is 27.1. The van der Waals surface area contributed by atoms with Crippen molar-refractivity contribution in [1.29, 1.82) is 0 Å². The lowest BCUT2D eigenvalue weighted by molar-refractivity contribution is -0.141. The number of aromatic nitrogens is 5. The number of imidazole rings is 1.